The van der Waals surface area contributed by atoms with Gasteiger partial charge in [-0.25, -0.2) is 13.6 Å². The number of pyridine rings is 1. The van der Waals surface area contributed by atoms with Crippen molar-refractivity contribution in [2.24, 2.45) is 0 Å². The van der Waals surface area contributed by atoms with E-state index in [0.717, 1.165) is 12.3 Å². The zero-order valence-electron chi connectivity index (χ0n) is 17.0. The third-order valence-electron chi connectivity index (χ3n) is 5.40. The molecule has 0 saturated carbocycles. The Morgan fingerprint density at radius 3 is 2.58 bits per heavy atom. The number of rotatable bonds is 4. The molecular formula is C22H21F2N3O4. The summed E-state index contributed by atoms with van der Waals surface area (Å²) >= 11 is 0. The Morgan fingerprint density at radius 1 is 1.26 bits per heavy atom. The molecule has 1 aliphatic heterocycles. The average Bonchev–Trinajstić information content (AvgIpc) is 2.74. The van der Waals surface area contributed by atoms with Crippen molar-refractivity contribution >= 4 is 22.6 Å². The fourth-order valence-corrected chi connectivity index (χ4v) is 4.00. The van der Waals surface area contributed by atoms with Crippen molar-refractivity contribution in [3.8, 4) is 11.4 Å². The predicted octanol–water partition coefficient (Wildman–Crippen LogP) is 2.77. The van der Waals surface area contributed by atoms with Gasteiger partial charge in [0.25, 0.3) is 0 Å². The molecule has 31 heavy (non-hydrogen) atoms. The number of aromatic nitrogens is 1. The maximum Gasteiger partial charge on any atom is 0.341 e. The molecule has 1 atom stereocenters. The molecular weight excluding hydrogens is 408 g/mol. The minimum Gasteiger partial charge on any atom is -0.492 e. The lowest BCUT2D eigenvalue weighted by atomic mass is 10.1. The highest BCUT2D eigenvalue weighted by Crippen LogP contribution is 2.39. The van der Waals surface area contributed by atoms with Gasteiger partial charge in [0, 0.05) is 37.6 Å². The van der Waals surface area contributed by atoms with Crippen LogP contribution in [0, 0.1) is 11.6 Å². The smallest absolute Gasteiger partial charge is 0.341 e. The first-order valence-electron chi connectivity index (χ1n) is 9.75. The Bertz CT molecular complexity index is 1220. The summed E-state index contributed by atoms with van der Waals surface area (Å²) < 4.78 is 35.8. The lowest BCUT2D eigenvalue weighted by Crippen LogP contribution is -2.49. The molecule has 7 nitrogen and oxygen atoms in total. The highest BCUT2D eigenvalue weighted by Gasteiger charge is 2.28. The van der Waals surface area contributed by atoms with Crippen molar-refractivity contribution in [3.63, 3.8) is 0 Å². The van der Waals surface area contributed by atoms with E-state index in [4.69, 9.17) is 4.74 Å². The fraction of sp³-hybridized carbons (Fsp3) is 0.273. The van der Waals surface area contributed by atoms with Crippen LogP contribution in [0.4, 0.5) is 14.5 Å². The molecule has 2 N–H and O–H groups in total. The largest absolute Gasteiger partial charge is 0.492 e. The third kappa shape index (κ3) is 3.61. The van der Waals surface area contributed by atoms with E-state index >= 15 is 4.39 Å². The van der Waals surface area contributed by atoms with E-state index in [1.807, 2.05) is 11.8 Å². The molecule has 1 aromatic heterocycles. The van der Waals surface area contributed by atoms with Crippen LogP contribution in [-0.2, 0) is 0 Å². The molecule has 2 aromatic carbocycles. The first kappa shape index (κ1) is 20.8. The van der Waals surface area contributed by atoms with Crippen molar-refractivity contribution in [1.82, 2.24) is 9.88 Å². The van der Waals surface area contributed by atoms with Gasteiger partial charge in [-0.3, -0.25) is 4.79 Å². The van der Waals surface area contributed by atoms with Crippen LogP contribution < -0.4 is 20.4 Å². The molecule has 2 heterocycles. The Morgan fingerprint density at radius 2 is 1.97 bits per heavy atom. The number of carbonyl (C=O) groups is 1. The van der Waals surface area contributed by atoms with E-state index in [2.05, 4.69) is 5.32 Å². The first-order valence-corrected chi connectivity index (χ1v) is 9.75. The molecule has 0 aliphatic carbocycles. The number of nitrogens with zero attached hydrogens (tertiary/aromatic N) is 2. The lowest BCUT2D eigenvalue weighted by Gasteiger charge is -2.35. The predicted molar refractivity (Wildman–Crippen MR) is 113 cm³/mol. The normalized spacial score (nSPS) is 16.5. The van der Waals surface area contributed by atoms with Crippen molar-refractivity contribution in [2.45, 2.75) is 13.0 Å². The molecule has 0 bridgehead atoms. The Labute approximate surface area is 176 Å². The van der Waals surface area contributed by atoms with Gasteiger partial charge in [-0.2, -0.15) is 0 Å². The molecule has 0 spiro atoms. The molecule has 3 aromatic rings. The van der Waals surface area contributed by atoms with E-state index in [1.54, 1.807) is 0 Å². The van der Waals surface area contributed by atoms with Crippen LogP contribution in [0.1, 0.15) is 17.3 Å². The number of carboxylic acids is 1. The van der Waals surface area contributed by atoms with E-state index in [9.17, 15) is 19.1 Å². The zero-order valence-corrected chi connectivity index (χ0v) is 17.0. The number of fused-ring (bicyclic) bond motifs is 1. The van der Waals surface area contributed by atoms with Crippen LogP contribution in [0.2, 0.25) is 0 Å². The monoisotopic (exact) mass is 429 g/mol. The Balaban J connectivity index is 2.10. The number of nitrogens with one attached hydrogen (secondary N) is 1. The van der Waals surface area contributed by atoms with E-state index in [0.29, 0.717) is 25.3 Å². The molecule has 162 valence electrons. The molecule has 1 saturated heterocycles. The summed E-state index contributed by atoms with van der Waals surface area (Å²) in [6, 6.07) is 6.49. The van der Waals surface area contributed by atoms with Crippen molar-refractivity contribution < 1.29 is 23.4 Å². The summed E-state index contributed by atoms with van der Waals surface area (Å²) in [4.78, 5) is 26.4. The van der Waals surface area contributed by atoms with Crippen LogP contribution in [0.3, 0.4) is 0 Å². The van der Waals surface area contributed by atoms with E-state index in [1.165, 1.54) is 35.9 Å². The number of anilines is 1. The van der Waals surface area contributed by atoms with Crippen molar-refractivity contribution in [2.75, 3.05) is 31.6 Å². The van der Waals surface area contributed by atoms with Gasteiger partial charge in [-0.1, -0.05) is 0 Å². The van der Waals surface area contributed by atoms with Gasteiger partial charge in [0.15, 0.2) is 11.6 Å². The number of aromatic carboxylic acids is 1. The first-order chi connectivity index (χ1) is 14.8. The Kier molecular flexibility index (Phi) is 5.36. The molecule has 0 amide bonds. The van der Waals surface area contributed by atoms with Gasteiger partial charge >= 0.3 is 5.97 Å². The summed E-state index contributed by atoms with van der Waals surface area (Å²) in [5.74, 6) is -2.48. The Hall–Kier alpha value is -3.46. The average molecular weight is 429 g/mol. The number of halogens is 2. The highest BCUT2D eigenvalue weighted by molar-refractivity contribution is 5.97. The minimum absolute atomic E-state index is 0.113. The molecule has 9 heteroatoms. The van der Waals surface area contributed by atoms with E-state index < -0.39 is 28.6 Å². The van der Waals surface area contributed by atoms with Crippen LogP contribution in [0.5, 0.6) is 5.75 Å². The SMILES string of the molecule is COc1c(N2CCNC(C)C2)c(F)cc2c(=O)c(C(=O)O)cn(-c3ccc(F)cc3)c12. The van der Waals surface area contributed by atoms with Gasteiger partial charge in [-0.05, 0) is 37.3 Å². The van der Waals surface area contributed by atoms with Gasteiger partial charge in [0.2, 0.25) is 5.43 Å². The minimum atomic E-state index is -1.44. The summed E-state index contributed by atoms with van der Waals surface area (Å²) in [6.07, 6.45) is 1.16. The van der Waals surface area contributed by atoms with Gasteiger partial charge < -0.3 is 24.6 Å². The summed E-state index contributed by atoms with van der Waals surface area (Å²) in [6.45, 7) is 3.67. The molecule has 4 rings (SSSR count). The number of methoxy groups -OCH3 is 1. The van der Waals surface area contributed by atoms with Gasteiger partial charge in [0.05, 0.1) is 12.5 Å². The number of ether oxygens (including phenoxy) is 1. The maximum atomic E-state index is 15.3. The highest BCUT2D eigenvalue weighted by atomic mass is 19.1. The third-order valence-corrected chi connectivity index (χ3v) is 5.40. The standard InChI is InChI=1S/C22H21F2N3O4/c1-12-10-26(8-7-25-12)19-17(24)9-15-18(21(19)31-2)27(11-16(20(15)28)22(29)30)14-5-3-13(23)4-6-14/h3-6,9,11-12,25H,7-8,10H2,1-2H3,(H,29,30). The summed E-state index contributed by atoms with van der Waals surface area (Å²) in [5, 5.41) is 12.7. The molecule has 1 fully saturated rings. The van der Waals surface area contributed by atoms with Crippen molar-refractivity contribution in [1.29, 1.82) is 0 Å². The fourth-order valence-electron chi connectivity index (χ4n) is 4.00. The summed E-state index contributed by atoms with van der Waals surface area (Å²) in [5.41, 5.74) is -0.535. The second kappa shape index (κ2) is 7.99. The number of hydrogen-bond donors (Lipinski definition) is 2. The number of hydrogen-bond acceptors (Lipinski definition) is 5. The quantitative estimate of drug-likeness (QED) is 0.664. The lowest BCUT2D eigenvalue weighted by molar-refractivity contribution is 0.0695. The van der Waals surface area contributed by atoms with Crippen LogP contribution in [0.25, 0.3) is 16.6 Å². The van der Waals surface area contributed by atoms with Gasteiger partial charge in [0.1, 0.15) is 22.6 Å². The summed E-state index contributed by atoms with van der Waals surface area (Å²) in [7, 11) is 1.37. The second-order valence-corrected chi connectivity index (χ2v) is 7.46. The van der Waals surface area contributed by atoms with E-state index in [-0.39, 0.29) is 28.4 Å². The topological polar surface area (TPSA) is 83.8 Å². The number of piperazine rings is 1. The molecule has 1 aliphatic rings. The van der Waals surface area contributed by atoms with Gasteiger partial charge in [-0.15, -0.1) is 0 Å². The molecule has 1 unspecified atom stereocenters. The van der Waals surface area contributed by atoms with Crippen LogP contribution in [-0.4, -0.2) is 48.4 Å². The molecule has 0 radical (unpaired) electrons. The maximum absolute atomic E-state index is 15.3. The zero-order chi connectivity index (χ0) is 22.3. The van der Waals surface area contributed by atoms with Crippen LogP contribution in [0.15, 0.2) is 41.3 Å². The van der Waals surface area contributed by atoms with Crippen LogP contribution >= 0.6 is 0 Å². The number of benzene rings is 2. The second-order valence-electron chi connectivity index (χ2n) is 7.46. The number of carboxylic acid groups (broad SMARTS) is 1. The van der Waals surface area contributed by atoms with Crippen molar-refractivity contribution in [3.05, 3.63) is 63.9 Å².